The monoisotopic (exact) mass is 418 g/mol. The Kier molecular flexibility index (Phi) is 5.42. The van der Waals surface area contributed by atoms with Crippen molar-refractivity contribution < 1.29 is 23.9 Å². The third kappa shape index (κ3) is 3.74. The number of rotatable bonds is 7. The SMILES string of the molecule is Cc1[nH]c2ccccc2c1C(=O)C(C)OC(=O)CCCN1C(=O)c2ccccc2C1=O. The zero-order valence-corrected chi connectivity index (χ0v) is 17.3. The van der Waals surface area contributed by atoms with Gasteiger partial charge in [0.1, 0.15) is 0 Å². The molecular formula is C24H22N2O5. The lowest BCUT2D eigenvalue weighted by molar-refractivity contribution is -0.146. The number of carbonyl (C=O) groups excluding carboxylic acids is 4. The maximum atomic E-state index is 12.9. The van der Waals surface area contributed by atoms with E-state index in [-0.39, 0.29) is 37.0 Å². The van der Waals surface area contributed by atoms with Gasteiger partial charge in [-0.25, -0.2) is 0 Å². The molecule has 2 heterocycles. The van der Waals surface area contributed by atoms with E-state index >= 15 is 0 Å². The standard InChI is InChI=1S/C24H22N2O5/c1-14-21(18-10-5-6-11-19(18)25-14)22(28)15(2)31-20(27)12-7-13-26-23(29)16-8-3-4-9-17(16)24(26)30/h3-6,8-11,15,25H,7,12-13H2,1-2H3. The summed E-state index contributed by atoms with van der Waals surface area (Å²) in [6.07, 6.45) is -0.681. The Bertz CT molecular complexity index is 1170. The van der Waals surface area contributed by atoms with Crippen molar-refractivity contribution >= 4 is 34.5 Å². The number of Topliss-reactive ketones (excluding diaryl/α,β-unsaturated/α-hetero) is 1. The van der Waals surface area contributed by atoms with Gasteiger partial charge < -0.3 is 9.72 Å². The Morgan fingerprint density at radius 3 is 2.29 bits per heavy atom. The first-order valence-corrected chi connectivity index (χ1v) is 10.1. The minimum atomic E-state index is -0.940. The normalized spacial score (nSPS) is 14.1. The van der Waals surface area contributed by atoms with E-state index in [1.54, 1.807) is 31.2 Å². The fourth-order valence-corrected chi connectivity index (χ4v) is 3.93. The summed E-state index contributed by atoms with van der Waals surface area (Å²) in [5.41, 5.74) is 2.84. The minimum Gasteiger partial charge on any atom is -0.454 e. The lowest BCUT2D eigenvalue weighted by Crippen LogP contribution is -2.31. The summed E-state index contributed by atoms with van der Waals surface area (Å²) in [7, 11) is 0. The summed E-state index contributed by atoms with van der Waals surface area (Å²) in [5.74, 6) is -1.53. The molecule has 1 N–H and O–H groups in total. The molecular weight excluding hydrogens is 396 g/mol. The highest BCUT2D eigenvalue weighted by Gasteiger charge is 2.34. The third-order valence-corrected chi connectivity index (χ3v) is 5.46. The first-order valence-electron chi connectivity index (χ1n) is 10.1. The zero-order chi connectivity index (χ0) is 22.1. The average Bonchev–Trinajstić information content (AvgIpc) is 3.22. The molecule has 2 aromatic carbocycles. The Morgan fingerprint density at radius 1 is 1.00 bits per heavy atom. The van der Waals surface area contributed by atoms with Crippen LogP contribution in [0.2, 0.25) is 0 Å². The Morgan fingerprint density at radius 2 is 1.61 bits per heavy atom. The van der Waals surface area contributed by atoms with E-state index < -0.39 is 12.1 Å². The van der Waals surface area contributed by atoms with Crippen molar-refractivity contribution in [2.75, 3.05) is 6.54 Å². The number of ether oxygens (including phenoxy) is 1. The number of aryl methyl sites for hydroxylation is 1. The molecule has 1 aliphatic heterocycles. The summed E-state index contributed by atoms with van der Waals surface area (Å²) in [6.45, 7) is 3.47. The van der Waals surface area contributed by atoms with Crippen LogP contribution in [0.25, 0.3) is 10.9 Å². The van der Waals surface area contributed by atoms with Crippen molar-refractivity contribution in [3.63, 3.8) is 0 Å². The van der Waals surface area contributed by atoms with Crippen LogP contribution in [0, 0.1) is 6.92 Å². The van der Waals surface area contributed by atoms with Crippen LogP contribution in [0.3, 0.4) is 0 Å². The van der Waals surface area contributed by atoms with Gasteiger partial charge in [0.2, 0.25) is 5.78 Å². The number of benzene rings is 2. The van der Waals surface area contributed by atoms with E-state index in [0.717, 1.165) is 21.5 Å². The second-order valence-corrected chi connectivity index (χ2v) is 7.58. The van der Waals surface area contributed by atoms with Gasteiger partial charge in [0.15, 0.2) is 6.10 Å². The van der Waals surface area contributed by atoms with E-state index in [0.29, 0.717) is 16.7 Å². The van der Waals surface area contributed by atoms with E-state index in [2.05, 4.69) is 4.98 Å². The van der Waals surface area contributed by atoms with Crippen LogP contribution in [0.4, 0.5) is 0 Å². The fourth-order valence-electron chi connectivity index (χ4n) is 3.93. The second-order valence-electron chi connectivity index (χ2n) is 7.58. The van der Waals surface area contributed by atoms with Crippen molar-refractivity contribution in [1.82, 2.24) is 9.88 Å². The highest BCUT2D eigenvalue weighted by atomic mass is 16.5. The number of para-hydroxylation sites is 1. The number of carbonyl (C=O) groups is 4. The molecule has 0 radical (unpaired) electrons. The number of ketones is 1. The first kappa shape index (κ1) is 20.5. The van der Waals surface area contributed by atoms with Gasteiger partial charge >= 0.3 is 5.97 Å². The number of hydrogen-bond donors (Lipinski definition) is 1. The van der Waals surface area contributed by atoms with Gasteiger partial charge in [-0.05, 0) is 38.5 Å². The Balaban J connectivity index is 1.33. The van der Waals surface area contributed by atoms with Crippen molar-refractivity contribution in [3.8, 4) is 0 Å². The fraction of sp³-hybridized carbons (Fsp3) is 0.250. The van der Waals surface area contributed by atoms with Gasteiger partial charge in [0.25, 0.3) is 11.8 Å². The predicted octanol–water partition coefficient (Wildman–Crippen LogP) is 3.67. The van der Waals surface area contributed by atoms with Crippen LogP contribution in [-0.2, 0) is 9.53 Å². The smallest absolute Gasteiger partial charge is 0.306 e. The maximum absolute atomic E-state index is 12.9. The Labute approximate surface area is 179 Å². The summed E-state index contributed by atoms with van der Waals surface area (Å²) in [6, 6.07) is 14.1. The second kappa shape index (κ2) is 8.18. The van der Waals surface area contributed by atoms with E-state index in [1.807, 2.05) is 31.2 Å². The van der Waals surface area contributed by atoms with Gasteiger partial charge in [0.05, 0.1) is 11.1 Å². The average molecular weight is 418 g/mol. The minimum absolute atomic E-state index is 0.00209. The molecule has 0 spiro atoms. The molecule has 158 valence electrons. The molecule has 7 nitrogen and oxygen atoms in total. The number of amides is 2. The summed E-state index contributed by atoms with van der Waals surface area (Å²) >= 11 is 0. The highest BCUT2D eigenvalue weighted by Crippen LogP contribution is 2.25. The largest absolute Gasteiger partial charge is 0.454 e. The van der Waals surface area contributed by atoms with Crippen molar-refractivity contribution in [2.24, 2.45) is 0 Å². The molecule has 0 fully saturated rings. The zero-order valence-electron chi connectivity index (χ0n) is 17.3. The Hall–Kier alpha value is -3.74. The molecule has 0 bridgehead atoms. The molecule has 0 saturated carbocycles. The quantitative estimate of drug-likeness (QED) is 0.359. The van der Waals surface area contributed by atoms with Crippen LogP contribution in [0.1, 0.15) is 56.5 Å². The van der Waals surface area contributed by atoms with E-state index in [4.69, 9.17) is 4.74 Å². The van der Waals surface area contributed by atoms with Gasteiger partial charge in [-0.15, -0.1) is 0 Å². The number of nitrogens with one attached hydrogen (secondary N) is 1. The van der Waals surface area contributed by atoms with Crippen LogP contribution in [0.15, 0.2) is 48.5 Å². The number of H-pyrrole nitrogens is 1. The van der Waals surface area contributed by atoms with Gasteiger partial charge in [-0.1, -0.05) is 30.3 Å². The summed E-state index contributed by atoms with van der Waals surface area (Å²) < 4.78 is 5.33. The predicted molar refractivity (Wildman–Crippen MR) is 114 cm³/mol. The molecule has 1 aromatic heterocycles. The molecule has 1 aliphatic rings. The maximum Gasteiger partial charge on any atom is 0.306 e. The van der Waals surface area contributed by atoms with Crippen molar-refractivity contribution in [3.05, 3.63) is 70.9 Å². The summed E-state index contributed by atoms with van der Waals surface area (Å²) in [5, 5.41) is 0.790. The molecule has 31 heavy (non-hydrogen) atoms. The van der Waals surface area contributed by atoms with E-state index in [9.17, 15) is 19.2 Å². The lowest BCUT2D eigenvalue weighted by Gasteiger charge is -2.15. The molecule has 4 rings (SSSR count). The van der Waals surface area contributed by atoms with Gasteiger partial charge in [-0.3, -0.25) is 24.1 Å². The van der Waals surface area contributed by atoms with Gasteiger partial charge in [0, 0.05) is 35.1 Å². The first-order chi connectivity index (χ1) is 14.9. The van der Waals surface area contributed by atoms with Crippen LogP contribution in [0.5, 0.6) is 0 Å². The van der Waals surface area contributed by atoms with E-state index in [1.165, 1.54) is 0 Å². The van der Waals surface area contributed by atoms with Crippen LogP contribution < -0.4 is 0 Å². The topological polar surface area (TPSA) is 96.5 Å². The summed E-state index contributed by atoms with van der Waals surface area (Å²) in [4.78, 5) is 54.2. The number of aromatic nitrogens is 1. The van der Waals surface area contributed by atoms with Crippen molar-refractivity contribution in [2.45, 2.75) is 32.8 Å². The number of imide groups is 1. The lowest BCUT2D eigenvalue weighted by atomic mass is 10.0. The number of esters is 1. The number of hydrogen-bond acceptors (Lipinski definition) is 5. The molecule has 0 saturated heterocycles. The van der Waals surface area contributed by atoms with Crippen molar-refractivity contribution in [1.29, 1.82) is 0 Å². The molecule has 3 aromatic rings. The van der Waals surface area contributed by atoms with Crippen LogP contribution >= 0.6 is 0 Å². The number of aromatic amines is 1. The molecule has 1 atom stereocenters. The highest BCUT2D eigenvalue weighted by molar-refractivity contribution is 6.21. The van der Waals surface area contributed by atoms with Crippen LogP contribution in [-0.4, -0.2) is 46.1 Å². The molecule has 2 amide bonds. The third-order valence-electron chi connectivity index (χ3n) is 5.46. The molecule has 0 aliphatic carbocycles. The molecule has 1 unspecified atom stereocenters. The number of nitrogens with zero attached hydrogens (tertiary/aromatic N) is 1. The van der Waals surface area contributed by atoms with Gasteiger partial charge in [-0.2, -0.15) is 0 Å². The molecule has 7 heteroatoms. The number of fused-ring (bicyclic) bond motifs is 2.